The summed E-state index contributed by atoms with van der Waals surface area (Å²) in [5, 5.41) is 0. The van der Waals surface area contributed by atoms with Crippen molar-refractivity contribution in [3.05, 3.63) is 65.7 Å². The Morgan fingerprint density at radius 1 is 0.783 bits per heavy atom. The first-order chi connectivity index (χ1) is 11.4. The predicted octanol–water partition coefficient (Wildman–Crippen LogP) is 5.63. The second kappa shape index (κ2) is 10.5. The van der Waals surface area contributed by atoms with Crippen molar-refractivity contribution >= 4 is 0 Å². The third-order valence-electron chi connectivity index (χ3n) is 3.69. The van der Waals surface area contributed by atoms with Gasteiger partial charge in [-0.2, -0.15) is 0 Å². The van der Waals surface area contributed by atoms with Gasteiger partial charge in [0.05, 0.1) is 6.61 Å². The number of ether oxygens (including phenoxy) is 1. The van der Waals surface area contributed by atoms with Gasteiger partial charge in [-0.15, -0.1) is 0 Å². The first-order valence-electron chi connectivity index (χ1n) is 8.59. The average Bonchev–Trinajstić information content (AvgIpc) is 2.61. The van der Waals surface area contributed by atoms with Gasteiger partial charge in [-0.25, -0.2) is 0 Å². The van der Waals surface area contributed by atoms with Crippen LogP contribution >= 0.6 is 0 Å². The molecule has 2 aromatic carbocycles. The molecule has 0 aliphatic heterocycles. The van der Waals surface area contributed by atoms with Crippen molar-refractivity contribution in [3.63, 3.8) is 0 Å². The summed E-state index contributed by atoms with van der Waals surface area (Å²) in [4.78, 5) is 0. The number of unbranched alkanes of at least 4 members (excludes halogenated alkanes) is 5. The Labute approximate surface area is 140 Å². The highest BCUT2D eigenvalue weighted by Crippen LogP contribution is 2.13. The maximum atomic E-state index is 5.78. The molecule has 0 aromatic heterocycles. The molecule has 1 nitrogen and oxygen atoms in total. The molecule has 0 fully saturated rings. The zero-order valence-electron chi connectivity index (χ0n) is 14.0. The standard InChI is InChI=1S/C22H25O/c1-2-3-4-5-6-10-19-23-22-17-15-21(16-18-22)14-13-20-11-8-7-9-12-20/h8-9,11-12,15-18H,2-6,10,19H2,1H3. The molecule has 119 valence electrons. The highest BCUT2D eigenvalue weighted by molar-refractivity contribution is 5.44. The predicted molar refractivity (Wildman–Crippen MR) is 96.6 cm³/mol. The second-order valence-corrected chi connectivity index (χ2v) is 5.68. The number of benzene rings is 2. The second-order valence-electron chi connectivity index (χ2n) is 5.68. The molecule has 2 aromatic rings. The van der Waals surface area contributed by atoms with Crippen LogP contribution in [0.3, 0.4) is 0 Å². The van der Waals surface area contributed by atoms with Crippen molar-refractivity contribution in [2.24, 2.45) is 0 Å². The van der Waals surface area contributed by atoms with E-state index in [1.807, 2.05) is 48.5 Å². The molecular formula is C22H25O. The zero-order chi connectivity index (χ0) is 16.2. The lowest BCUT2D eigenvalue weighted by Gasteiger charge is -2.06. The van der Waals surface area contributed by atoms with Crippen LogP contribution in [0.4, 0.5) is 0 Å². The fraction of sp³-hybridized carbons (Fsp3) is 0.364. The van der Waals surface area contributed by atoms with Crippen molar-refractivity contribution in [2.75, 3.05) is 6.61 Å². The lowest BCUT2D eigenvalue weighted by Crippen LogP contribution is -1.97. The van der Waals surface area contributed by atoms with Gasteiger partial charge in [0.15, 0.2) is 0 Å². The molecular weight excluding hydrogens is 280 g/mol. The molecule has 0 aliphatic rings. The van der Waals surface area contributed by atoms with E-state index in [0.29, 0.717) is 0 Å². The fourth-order valence-corrected chi connectivity index (χ4v) is 2.32. The Morgan fingerprint density at radius 2 is 1.39 bits per heavy atom. The lowest BCUT2D eigenvalue weighted by atomic mass is 10.1. The zero-order valence-corrected chi connectivity index (χ0v) is 14.0. The van der Waals surface area contributed by atoms with E-state index in [4.69, 9.17) is 4.74 Å². The molecule has 0 aliphatic carbocycles. The molecule has 0 heterocycles. The summed E-state index contributed by atoms with van der Waals surface area (Å²) in [6.07, 6.45) is 7.72. The van der Waals surface area contributed by atoms with Crippen molar-refractivity contribution in [3.8, 4) is 17.6 Å². The first-order valence-corrected chi connectivity index (χ1v) is 8.59. The third kappa shape index (κ3) is 7.06. The quantitative estimate of drug-likeness (QED) is 0.454. The van der Waals surface area contributed by atoms with Gasteiger partial charge in [0.1, 0.15) is 5.75 Å². The molecule has 1 heteroatoms. The van der Waals surface area contributed by atoms with Crippen LogP contribution in [0.15, 0.2) is 48.5 Å². The summed E-state index contributed by atoms with van der Waals surface area (Å²) in [6.45, 7) is 3.05. The summed E-state index contributed by atoms with van der Waals surface area (Å²) in [6, 6.07) is 18.7. The Hall–Kier alpha value is -2.20. The minimum atomic E-state index is 0.803. The van der Waals surface area contributed by atoms with Gasteiger partial charge >= 0.3 is 0 Å². The monoisotopic (exact) mass is 305 g/mol. The molecule has 0 amide bonds. The molecule has 0 atom stereocenters. The van der Waals surface area contributed by atoms with E-state index >= 15 is 0 Å². The van der Waals surface area contributed by atoms with Crippen LogP contribution in [-0.4, -0.2) is 6.61 Å². The maximum Gasteiger partial charge on any atom is 0.119 e. The molecule has 0 N–H and O–H groups in total. The van der Waals surface area contributed by atoms with Crippen molar-refractivity contribution < 1.29 is 4.74 Å². The highest BCUT2D eigenvalue weighted by atomic mass is 16.5. The maximum absolute atomic E-state index is 5.78. The van der Waals surface area contributed by atoms with Gasteiger partial charge in [0.2, 0.25) is 0 Å². The van der Waals surface area contributed by atoms with Gasteiger partial charge in [0.25, 0.3) is 0 Å². The molecule has 0 spiro atoms. The number of hydrogen-bond donors (Lipinski definition) is 0. The molecule has 23 heavy (non-hydrogen) atoms. The van der Waals surface area contributed by atoms with Gasteiger partial charge in [0, 0.05) is 11.1 Å². The molecule has 1 radical (unpaired) electrons. The van der Waals surface area contributed by atoms with Gasteiger partial charge in [-0.1, -0.05) is 63.0 Å². The van der Waals surface area contributed by atoms with E-state index in [-0.39, 0.29) is 0 Å². The van der Waals surface area contributed by atoms with Crippen LogP contribution in [0.5, 0.6) is 5.75 Å². The van der Waals surface area contributed by atoms with Crippen LogP contribution < -0.4 is 4.74 Å². The molecule has 0 saturated heterocycles. The van der Waals surface area contributed by atoms with E-state index < -0.39 is 0 Å². The summed E-state index contributed by atoms with van der Waals surface area (Å²) in [5.74, 6) is 7.24. The van der Waals surface area contributed by atoms with E-state index in [0.717, 1.165) is 29.9 Å². The van der Waals surface area contributed by atoms with Crippen LogP contribution in [-0.2, 0) is 0 Å². The lowest BCUT2D eigenvalue weighted by molar-refractivity contribution is 0.304. The first kappa shape index (κ1) is 17.2. The van der Waals surface area contributed by atoms with Crippen LogP contribution in [0.25, 0.3) is 0 Å². The Morgan fingerprint density at radius 3 is 2.09 bits per heavy atom. The van der Waals surface area contributed by atoms with Gasteiger partial charge in [-0.3, -0.25) is 0 Å². The van der Waals surface area contributed by atoms with E-state index in [1.165, 1.54) is 32.1 Å². The Kier molecular flexibility index (Phi) is 7.84. The SMILES string of the molecule is CCCCCCCCOc1ccc(C#Cc2cc[c]cc2)cc1. The smallest absolute Gasteiger partial charge is 0.119 e. The summed E-state index contributed by atoms with van der Waals surface area (Å²) in [7, 11) is 0. The van der Waals surface area contributed by atoms with E-state index in [9.17, 15) is 0 Å². The van der Waals surface area contributed by atoms with Crippen LogP contribution in [0.1, 0.15) is 56.6 Å². The van der Waals surface area contributed by atoms with Gasteiger partial charge < -0.3 is 4.74 Å². The van der Waals surface area contributed by atoms with Crippen LogP contribution in [0.2, 0.25) is 0 Å². The van der Waals surface area contributed by atoms with Crippen molar-refractivity contribution in [1.82, 2.24) is 0 Å². The van der Waals surface area contributed by atoms with Crippen molar-refractivity contribution in [2.45, 2.75) is 45.4 Å². The largest absolute Gasteiger partial charge is 0.494 e. The molecule has 0 saturated carbocycles. The van der Waals surface area contributed by atoms with Crippen LogP contribution in [0, 0.1) is 17.9 Å². The van der Waals surface area contributed by atoms with E-state index in [1.54, 1.807) is 0 Å². The van der Waals surface area contributed by atoms with Gasteiger partial charge in [-0.05, 0) is 48.9 Å². The Balaban J connectivity index is 1.71. The summed E-state index contributed by atoms with van der Waals surface area (Å²) < 4.78 is 5.78. The summed E-state index contributed by atoms with van der Waals surface area (Å²) in [5.41, 5.74) is 2.01. The molecule has 0 bridgehead atoms. The normalized spacial score (nSPS) is 9.96. The van der Waals surface area contributed by atoms with E-state index in [2.05, 4.69) is 24.8 Å². The topological polar surface area (TPSA) is 9.23 Å². The Bertz CT molecular complexity index is 602. The highest BCUT2D eigenvalue weighted by Gasteiger charge is 1.95. The molecule has 2 rings (SSSR count). The number of rotatable bonds is 8. The summed E-state index contributed by atoms with van der Waals surface area (Å²) >= 11 is 0. The number of hydrogen-bond acceptors (Lipinski definition) is 1. The average molecular weight is 305 g/mol. The minimum Gasteiger partial charge on any atom is -0.494 e. The third-order valence-corrected chi connectivity index (χ3v) is 3.69. The molecule has 0 unspecified atom stereocenters. The van der Waals surface area contributed by atoms with Crippen molar-refractivity contribution in [1.29, 1.82) is 0 Å². The fourth-order valence-electron chi connectivity index (χ4n) is 2.32. The minimum absolute atomic E-state index is 0.803.